The van der Waals surface area contributed by atoms with E-state index in [1.54, 1.807) is 0 Å². The molecule has 0 aromatic heterocycles. The molecule has 0 fully saturated rings. The van der Waals surface area contributed by atoms with Gasteiger partial charge in [0.2, 0.25) is 0 Å². The topological polar surface area (TPSA) is 77.4 Å². The Balaban J connectivity index is 0.000000324. The summed E-state index contributed by atoms with van der Waals surface area (Å²) in [5.41, 5.74) is 0. The first kappa shape index (κ1) is 28.7. The van der Waals surface area contributed by atoms with E-state index in [0.29, 0.717) is 0 Å². The van der Waals surface area contributed by atoms with Crippen molar-refractivity contribution in [3.8, 4) is 0 Å². The molecular weight excluding hydrogens is 594 g/mol. The molecule has 0 aliphatic rings. The summed E-state index contributed by atoms with van der Waals surface area (Å²) in [5.74, 6) is -4.90. The number of carboxylic acid groups (broad SMARTS) is 2. The maximum atomic E-state index is 11.0. The monoisotopic (exact) mass is 610 g/mol. The Bertz CT molecular complexity index is 882. The molecule has 1 radical (unpaired) electrons. The number of carboxylic acids is 2. The van der Waals surface area contributed by atoms with Crippen molar-refractivity contribution in [2.75, 3.05) is 0 Å². The van der Waals surface area contributed by atoms with E-state index in [2.05, 4.69) is 114 Å². The van der Waals surface area contributed by atoms with Gasteiger partial charge >= 0.3 is 138 Å². The van der Waals surface area contributed by atoms with Crippen LogP contribution in [0.25, 0.3) is 0 Å². The van der Waals surface area contributed by atoms with Crippen LogP contribution in [0, 0.1) is 0 Å². The zero-order chi connectivity index (χ0) is 25.1. The fourth-order valence-electron chi connectivity index (χ4n) is 2.31. The van der Waals surface area contributed by atoms with Crippen molar-refractivity contribution >= 4 is 65.6 Å². The fourth-order valence-corrected chi connectivity index (χ4v) is 9.67. The van der Waals surface area contributed by atoms with Crippen molar-refractivity contribution in [3.63, 3.8) is 0 Å². The molecule has 3 rings (SSSR count). The molecule has 1 N–H and O–H groups in total. The van der Waals surface area contributed by atoms with Gasteiger partial charge in [-0.05, 0) is 23.2 Å². The van der Waals surface area contributed by atoms with Crippen LogP contribution in [0.3, 0.4) is 0 Å². The number of aliphatic carboxylic acids is 2. The van der Waals surface area contributed by atoms with Crippen LogP contribution in [-0.4, -0.2) is 47.6 Å². The molecule has 0 bridgehead atoms. The third-order valence-electron chi connectivity index (χ3n) is 3.66. The van der Waals surface area contributed by atoms with Gasteiger partial charge in [-0.1, -0.05) is 0 Å². The average molecular weight is 610 g/mol. The molecule has 0 aliphatic heterocycles. The Labute approximate surface area is 204 Å². The fraction of sp³-hybridized carbons (Fsp3) is 0.0909. The maximum absolute atomic E-state index is 11.0. The van der Waals surface area contributed by atoms with Crippen LogP contribution in [0.15, 0.2) is 91.0 Å². The van der Waals surface area contributed by atoms with E-state index in [1.807, 2.05) is 0 Å². The van der Waals surface area contributed by atoms with Gasteiger partial charge in [0.05, 0.1) is 0 Å². The molecule has 4 nitrogen and oxygen atoms in total. The van der Waals surface area contributed by atoms with Crippen LogP contribution in [0.1, 0.15) is 0 Å². The van der Waals surface area contributed by atoms with Crippen molar-refractivity contribution in [1.29, 1.82) is 0 Å². The number of carbonyl (C=O) groups is 2. The van der Waals surface area contributed by atoms with Gasteiger partial charge in [-0.2, -0.15) is 17.6 Å². The molecule has 0 spiro atoms. The average Bonchev–Trinajstić information content (AvgIpc) is 2.76. The number of halogens is 6. The van der Waals surface area contributed by atoms with E-state index >= 15 is 0 Å². The van der Waals surface area contributed by atoms with E-state index in [4.69, 9.17) is 19.8 Å². The van der Waals surface area contributed by atoms with Crippen LogP contribution in [0.2, 0.25) is 0 Å². The molecule has 11 heteroatoms. The summed E-state index contributed by atoms with van der Waals surface area (Å²) in [4.78, 5) is 18.2. The second-order valence-corrected chi connectivity index (χ2v) is 14.1. The first-order valence-electron chi connectivity index (χ1n) is 8.95. The van der Waals surface area contributed by atoms with Crippen LogP contribution in [-0.2, 0) is 9.59 Å². The minimum absolute atomic E-state index is 1.53. The predicted molar refractivity (Wildman–Crippen MR) is 118 cm³/mol. The number of rotatable bonds is 5. The second kappa shape index (κ2) is 13.4. The molecule has 0 amide bonds. The summed E-state index contributed by atoms with van der Waals surface area (Å²) < 4.78 is 48.5. The van der Waals surface area contributed by atoms with Gasteiger partial charge in [-0.3, -0.25) is 0 Å². The van der Waals surface area contributed by atoms with E-state index < -0.39 is 42.5 Å². The number of carbonyl (C=O) groups excluding carboxylic acids is 1. The van der Waals surface area contributed by atoms with Crippen LogP contribution in [0.5, 0.6) is 0 Å². The molecule has 3 aromatic rings. The van der Waals surface area contributed by atoms with Crippen molar-refractivity contribution in [2.24, 2.45) is 0 Å². The Kier molecular flexibility index (Phi) is 11.7. The minimum atomic E-state index is -4.22. The molecule has 0 unspecified atom stereocenters. The third-order valence-corrected chi connectivity index (χ3v) is 11.8. The first-order chi connectivity index (χ1) is 15.3. The molecule has 0 saturated carbocycles. The van der Waals surface area contributed by atoms with Gasteiger partial charge in [0.25, 0.3) is 0 Å². The summed E-state index contributed by atoms with van der Waals surface area (Å²) in [6.45, 7) is 0. The molecule has 0 atom stereocenters. The molecule has 0 aliphatic carbocycles. The van der Waals surface area contributed by atoms with Crippen LogP contribution in [0.4, 0.5) is 17.6 Å². The Morgan fingerprint density at radius 3 is 1.03 bits per heavy atom. The Morgan fingerprint density at radius 2 is 0.879 bits per heavy atom. The van der Waals surface area contributed by atoms with E-state index in [9.17, 15) is 17.6 Å². The van der Waals surface area contributed by atoms with Gasteiger partial charge in [0, 0.05) is 0 Å². The summed E-state index contributed by atoms with van der Waals surface area (Å²) in [7, 11) is 0. The summed E-state index contributed by atoms with van der Waals surface area (Å²) in [5, 5.41) is 8.06. The zero-order valence-corrected chi connectivity index (χ0v) is 21.0. The van der Waals surface area contributed by atoms with Gasteiger partial charge in [-0.15, -0.1) is 0 Å². The van der Waals surface area contributed by atoms with E-state index in [-0.39, 0.29) is 0 Å². The molecular formula is C22H16Cl2F4O4Sn-. The van der Waals surface area contributed by atoms with Crippen LogP contribution < -0.4 is 15.8 Å². The van der Waals surface area contributed by atoms with Crippen molar-refractivity contribution in [3.05, 3.63) is 91.0 Å². The number of hydrogen-bond donors (Lipinski definition) is 1. The molecule has 33 heavy (non-hydrogen) atoms. The number of benzene rings is 3. The molecule has 0 heterocycles. The van der Waals surface area contributed by atoms with Gasteiger partial charge < -0.3 is 15.0 Å². The zero-order valence-electron chi connectivity index (χ0n) is 16.6. The summed E-state index contributed by atoms with van der Waals surface area (Å²) >= 11 is 5.83. The van der Waals surface area contributed by atoms with Gasteiger partial charge in [0.15, 0.2) is 0 Å². The van der Waals surface area contributed by atoms with Gasteiger partial charge in [-0.25, -0.2) is 4.79 Å². The molecule has 0 saturated heterocycles. The first-order valence-corrected chi connectivity index (χ1v) is 14.0. The van der Waals surface area contributed by atoms with Gasteiger partial charge in [0.1, 0.15) is 5.97 Å². The molecule has 175 valence electrons. The number of hydrogen-bond acceptors (Lipinski definition) is 3. The summed E-state index contributed by atoms with van der Waals surface area (Å²) in [6, 6.07) is 32.9. The normalized spacial score (nSPS) is 10.9. The molecule has 3 aromatic carbocycles. The van der Waals surface area contributed by atoms with Crippen molar-refractivity contribution in [1.82, 2.24) is 0 Å². The third kappa shape index (κ3) is 10.9. The second-order valence-electron chi connectivity index (χ2n) is 6.06. The quantitative estimate of drug-likeness (QED) is 0.274. The standard InChI is InChI=1S/3C6H5.2C2HClF2O2.Sn/c3*1-2-4-6-5-3-1;2*3-2(4,5)1(6)7;/h3*1-5H;2*(H,6,7);/p-1. The van der Waals surface area contributed by atoms with Crippen molar-refractivity contribution < 1.29 is 37.4 Å². The summed E-state index contributed by atoms with van der Waals surface area (Å²) in [6.07, 6.45) is 0. The SMILES string of the molecule is O=C(O)C(F)(F)Cl.O=C([O-])C(F)(F)Cl.c1cc[c]([Sn]([c]2ccccc2)[c]2ccccc2)cc1. The predicted octanol–water partition coefficient (Wildman–Crippen LogP) is 2.67. The van der Waals surface area contributed by atoms with Crippen LogP contribution >= 0.6 is 23.2 Å². The Morgan fingerprint density at radius 1 is 0.667 bits per heavy atom. The van der Waals surface area contributed by atoms with E-state index in [1.165, 1.54) is 10.7 Å². The van der Waals surface area contributed by atoms with Crippen molar-refractivity contribution in [2.45, 2.75) is 10.8 Å². The Hall–Kier alpha value is -2.30. The number of alkyl halides is 6. The van der Waals surface area contributed by atoms with E-state index in [0.717, 1.165) is 0 Å².